The summed E-state index contributed by atoms with van der Waals surface area (Å²) in [5, 5.41) is 20.4. The number of halogens is 1. The molecule has 0 saturated heterocycles. The van der Waals surface area contributed by atoms with E-state index < -0.39 is 11.9 Å². The van der Waals surface area contributed by atoms with Crippen LogP contribution in [0.25, 0.3) is 0 Å². The molecule has 0 bridgehead atoms. The summed E-state index contributed by atoms with van der Waals surface area (Å²) >= 11 is 5.77. The molecule has 2 N–H and O–H groups in total. The van der Waals surface area contributed by atoms with Crippen LogP contribution in [0.2, 0.25) is 5.02 Å². The molecular weight excluding hydrogens is 268 g/mol. The van der Waals surface area contributed by atoms with Crippen LogP contribution in [0.1, 0.15) is 19.4 Å². The number of hydrogen-bond donors (Lipinski definition) is 2. The van der Waals surface area contributed by atoms with Gasteiger partial charge in [-0.15, -0.1) is 0 Å². The lowest BCUT2D eigenvalue weighted by Crippen LogP contribution is -2.16. The first-order chi connectivity index (χ1) is 8.86. The third kappa shape index (κ3) is 3.57. The maximum Gasteiger partial charge on any atom is 0.331 e. The van der Waals surface area contributed by atoms with Crippen molar-refractivity contribution in [2.75, 3.05) is 5.32 Å². The lowest BCUT2D eigenvalue weighted by atomic mass is 10.1. The zero-order valence-corrected chi connectivity index (χ0v) is 11.1. The molecule has 0 aliphatic heterocycles. The molecule has 0 aromatic heterocycles. The molecule has 0 fully saturated rings. The highest BCUT2D eigenvalue weighted by Crippen LogP contribution is 2.20. The Morgan fingerprint density at radius 1 is 1.32 bits per heavy atom. The van der Waals surface area contributed by atoms with E-state index in [1.54, 1.807) is 0 Å². The normalized spacial score (nSPS) is 11.3. The fraction of sp³-hybridized carbons (Fsp3) is 0.154. The number of carbonyl (C=O) groups excluding carboxylic acids is 1. The Hall–Kier alpha value is -2.32. The van der Waals surface area contributed by atoms with E-state index in [1.165, 1.54) is 32.0 Å². The maximum absolute atomic E-state index is 11.8. The van der Waals surface area contributed by atoms with Gasteiger partial charge in [-0.3, -0.25) is 4.79 Å². The van der Waals surface area contributed by atoms with E-state index in [0.29, 0.717) is 5.69 Å². The molecule has 0 saturated carbocycles. The lowest BCUT2D eigenvalue weighted by Gasteiger charge is -2.07. The van der Waals surface area contributed by atoms with Crippen molar-refractivity contribution in [3.63, 3.8) is 0 Å². The van der Waals surface area contributed by atoms with Gasteiger partial charge in [-0.1, -0.05) is 11.6 Å². The van der Waals surface area contributed by atoms with Crippen LogP contribution < -0.4 is 5.32 Å². The van der Waals surface area contributed by atoms with Crippen molar-refractivity contribution < 1.29 is 14.7 Å². The second-order valence-corrected chi connectivity index (χ2v) is 4.22. The summed E-state index contributed by atoms with van der Waals surface area (Å²) in [5.41, 5.74) is 0.674. The topological polar surface area (TPSA) is 90.2 Å². The summed E-state index contributed by atoms with van der Waals surface area (Å²) in [7, 11) is 0. The Labute approximate surface area is 115 Å². The number of carboxylic acids is 1. The number of carboxylic acid groups (broad SMARTS) is 1. The van der Waals surface area contributed by atoms with Crippen LogP contribution in [-0.2, 0) is 9.59 Å². The summed E-state index contributed by atoms with van der Waals surface area (Å²) in [4.78, 5) is 22.5. The summed E-state index contributed by atoms with van der Waals surface area (Å²) < 4.78 is 0. The quantitative estimate of drug-likeness (QED) is 0.832. The van der Waals surface area contributed by atoms with Crippen LogP contribution >= 0.6 is 11.6 Å². The van der Waals surface area contributed by atoms with Crippen LogP contribution in [0, 0.1) is 11.3 Å². The maximum atomic E-state index is 11.8. The number of nitrogens with zero attached hydrogens (tertiary/aromatic N) is 1. The fourth-order valence-corrected chi connectivity index (χ4v) is 1.40. The third-order valence-corrected chi connectivity index (χ3v) is 2.90. The smallest absolute Gasteiger partial charge is 0.331 e. The molecule has 1 aromatic rings. The largest absolute Gasteiger partial charge is 0.478 e. The molecule has 5 nitrogen and oxygen atoms in total. The first kappa shape index (κ1) is 14.7. The van der Waals surface area contributed by atoms with Gasteiger partial charge in [0.25, 0.3) is 5.91 Å². The Balaban J connectivity index is 2.99. The van der Waals surface area contributed by atoms with Gasteiger partial charge < -0.3 is 10.4 Å². The third-order valence-electron chi connectivity index (χ3n) is 2.57. The van der Waals surface area contributed by atoms with E-state index in [9.17, 15) is 9.59 Å². The Morgan fingerprint density at radius 3 is 2.47 bits per heavy atom. The molecule has 0 unspecified atom stereocenters. The Kier molecular flexibility index (Phi) is 4.67. The molecule has 0 heterocycles. The second kappa shape index (κ2) is 6.03. The van der Waals surface area contributed by atoms with E-state index >= 15 is 0 Å². The number of carbonyl (C=O) groups is 2. The van der Waals surface area contributed by atoms with Gasteiger partial charge in [-0.05, 0) is 32.0 Å². The second-order valence-electron chi connectivity index (χ2n) is 3.82. The van der Waals surface area contributed by atoms with E-state index in [0.717, 1.165) is 0 Å². The van der Waals surface area contributed by atoms with E-state index in [2.05, 4.69) is 5.32 Å². The molecule has 0 aliphatic rings. The number of nitrogens with one attached hydrogen (secondary N) is 1. The van der Waals surface area contributed by atoms with Gasteiger partial charge in [0.1, 0.15) is 6.07 Å². The summed E-state index contributed by atoms with van der Waals surface area (Å²) in [6, 6.07) is 6.33. The average Bonchev–Trinajstić information content (AvgIpc) is 2.38. The first-order valence-corrected chi connectivity index (χ1v) is 5.66. The van der Waals surface area contributed by atoms with Crippen molar-refractivity contribution in [1.82, 2.24) is 0 Å². The van der Waals surface area contributed by atoms with E-state index in [4.69, 9.17) is 22.0 Å². The SMILES string of the molecule is CC(C(=O)O)=C(C)C(=O)Nc1ccc(Cl)c(C#N)c1. The van der Waals surface area contributed by atoms with Gasteiger partial charge in [-0.25, -0.2) is 4.79 Å². The van der Waals surface area contributed by atoms with Crippen molar-refractivity contribution >= 4 is 29.2 Å². The molecule has 0 atom stereocenters. The van der Waals surface area contributed by atoms with Crippen molar-refractivity contribution in [1.29, 1.82) is 5.26 Å². The van der Waals surface area contributed by atoms with Crippen molar-refractivity contribution in [3.05, 3.63) is 39.9 Å². The van der Waals surface area contributed by atoms with Gasteiger partial charge in [0.2, 0.25) is 0 Å². The average molecular weight is 279 g/mol. The predicted molar refractivity (Wildman–Crippen MR) is 70.8 cm³/mol. The highest BCUT2D eigenvalue weighted by Gasteiger charge is 2.13. The summed E-state index contributed by atoms with van der Waals surface area (Å²) in [5.74, 6) is -1.69. The molecule has 6 heteroatoms. The number of aliphatic carboxylic acids is 1. The van der Waals surface area contributed by atoms with Gasteiger partial charge in [-0.2, -0.15) is 5.26 Å². The van der Waals surface area contributed by atoms with Crippen molar-refractivity contribution in [2.24, 2.45) is 0 Å². The number of rotatable bonds is 3. The minimum Gasteiger partial charge on any atom is -0.478 e. The van der Waals surface area contributed by atoms with Gasteiger partial charge >= 0.3 is 5.97 Å². The van der Waals surface area contributed by atoms with Gasteiger partial charge in [0.05, 0.1) is 10.6 Å². The van der Waals surface area contributed by atoms with E-state index in [1.807, 2.05) is 6.07 Å². The molecule has 0 spiro atoms. The minimum atomic E-state index is -1.15. The van der Waals surface area contributed by atoms with Crippen LogP contribution in [-0.4, -0.2) is 17.0 Å². The standard InChI is InChI=1S/C13H11ClN2O3/c1-7(8(2)13(18)19)12(17)16-10-3-4-11(14)9(5-10)6-15/h3-5H,1-2H3,(H,16,17)(H,18,19). The van der Waals surface area contributed by atoms with Crippen molar-refractivity contribution in [3.8, 4) is 6.07 Å². The summed E-state index contributed by atoms with van der Waals surface area (Å²) in [6.07, 6.45) is 0. The molecule has 1 rings (SSSR count). The fourth-order valence-electron chi connectivity index (χ4n) is 1.24. The number of nitriles is 1. The number of benzene rings is 1. The monoisotopic (exact) mass is 278 g/mol. The molecule has 0 aliphatic carbocycles. The number of hydrogen-bond acceptors (Lipinski definition) is 3. The molecule has 1 aromatic carbocycles. The summed E-state index contributed by atoms with van der Waals surface area (Å²) in [6.45, 7) is 2.76. The lowest BCUT2D eigenvalue weighted by molar-refractivity contribution is -0.133. The van der Waals surface area contributed by atoms with Crippen molar-refractivity contribution in [2.45, 2.75) is 13.8 Å². The molecular formula is C13H11ClN2O3. The minimum absolute atomic E-state index is 0.0352. The van der Waals surface area contributed by atoms with Gasteiger partial charge in [0, 0.05) is 16.8 Å². The highest BCUT2D eigenvalue weighted by atomic mass is 35.5. The molecule has 1 amide bonds. The number of anilines is 1. The first-order valence-electron chi connectivity index (χ1n) is 5.28. The predicted octanol–water partition coefficient (Wildman–Crippen LogP) is 2.57. The molecule has 19 heavy (non-hydrogen) atoms. The molecule has 98 valence electrons. The molecule has 0 radical (unpaired) electrons. The number of amides is 1. The van der Waals surface area contributed by atoms with Crippen LogP contribution in [0.3, 0.4) is 0 Å². The Morgan fingerprint density at radius 2 is 1.95 bits per heavy atom. The van der Waals surface area contributed by atoms with E-state index in [-0.39, 0.29) is 21.7 Å². The zero-order chi connectivity index (χ0) is 14.6. The van der Waals surface area contributed by atoms with Crippen LogP contribution in [0.4, 0.5) is 5.69 Å². The van der Waals surface area contributed by atoms with Gasteiger partial charge in [0.15, 0.2) is 0 Å². The zero-order valence-electron chi connectivity index (χ0n) is 10.3. The van der Waals surface area contributed by atoms with Crippen LogP contribution in [0.15, 0.2) is 29.3 Å². The van der Waals surface area contributed by atoms with Crippen LogP contribution in [0.5, 0.6) is 0 Å². The highest BCUT2D eigenvalue weighted by molar-refractivity contribution is 6.31. The Bertz CT molecular complexity index is 615.